The van der Waals surface area contributed by atoms with E-state index in [0.717, 1.165) is 12.0 Å². The third-order valence-electron chi connectivity index (χ3n) is 7.27. The van der Waals surface area contributed by atoms with Crippen molar-refractivity contribution in [2.24, 2.45) is 29.4 Å². The molecular weight excluding hydrogens is 510 g/mol. The first-order valence-electron chi connectivity index (χ1n) is 14.3. The van der Waals surface area contributed by atoms with Crippen LogP contribution in [0.4, 0.5) is 5.69 Å². The summed E-state index contributed by atoms with van der Waals surface area (Å²) in [4.78, 5) is 26.0. The lowest BCUT2D eigenvalue weighted by atomic mass is 9.82. The monoisotopic (exact) mass is 559 g/mol. The van der Waals surface area contributed by atoms with Gasteiger partial charge in [0.15, 0.2) is 0 Å². The molecule has 0 radical (unpaired) electrons. The lowest BCUT2D eigenvalue weighted by Gasteiger charge is -2.29. The van der Waals surface area contributed by atoms with Crippen molar-refractivity contribution >= 4 is 17.5 Å². The van der Waals surface area contributed by atoms with Crippen LogP contribution in [-0.2, 0) is 20.9 Å². The van der Waals surface area contributed by atoms with Crippen LogP contribution in [0.1, 0.15) is 64.7 Å². The Balaban J connectivity index is 1.96. The first-order valence-corrected chi connectivity index (χ1v) is 14.3. The molecule has 0 unspecified atom stereocenters. The van der Waals surface area contributed by atoms with Crippen LogP contribution >= 0.6 is 0 Å². The number of hydrogen-bond donors (Lipinski definition) is 4. The summed E-state index contributed by atoms with van der Waals surface area (Å²) >= 11 is 0. The summed E-state index contributed by atoms with van der Waals surface area (Å²) in [7, 11) is 1.65. The Morgan fingerprint density at radius 2 is 1.82 bits per heavy atom. The van der Waals surface area contributed by atoms with Crippen molar-refractivity contribution in [3.05, 3.63) is 47.9 Å². The van der Waals surface area contributed by atoms with Crippen LogP contribution in [0.15, 0.2) is 41.0 Å². The Morgan fingerprint density at radius 3 is 2.45 bits per heavy atom. The van der Waals surface area contributed by atoms with Crippen molar-refractivity contribution in [3.63, 3.8) is 0 Å². The summed E-state index contributed by atoms with van der Waals surface area (Å²) in [5.41, 5.74) is 8.09. The maximum absolute atomic E-state index is 13.1. The van der Waals surface area contributed by atoms with Gasteiger partial charge >= 0.3 is 0 Å². The maximum atomic E-state index is 13.1. The number of rotatable bonds is 18. The standard InChI is InChI=1S/C31H49N3O6/c1-20(2)23(17-30(36)34-27-15-22(5)10-11-29(27)40-14-8-12-38-6)16-26(32)28(35)18-25(21(3)4)31(37)33-19-24-9-7-13-39-24/h7,9-11,13,15,20-21,23,25-26,28,35H,8,12,14,16-19,32H2,1-6H3,(H,33,37)(H,34,36)/t23-,25+,26+,28+/m1/s1. The molecule has 9 nitrogen and oxygen atoms in total. The van der Waals surface area contributed by atoms with Gasteiger partial charge in [-0.15, -0.1) is 0 Å². The smallest absolute Gasteiger partial charge is 0.224 e. The predicted octanol–water partition coefficient (Wildman–Crippen LogP) is 4.66. The van der Waals surface area contributed by atoms with Gasteiger partial charge in [0.05, 0.1) is 31.2 Å². The van der Waals surface area contributed by atoms with Gasteiger partial charge in [-0.25, -0.2) is 0 Å². The van der Waals surface area contributed by atoms with Crippen molar-refractivity contribution < 1.29 is 28.6 Å². The van der Waals surface area contributed by atoms with Gasteiger partial charge < -0.3 is 35.4 Å². The van der Waals surface area contributed by atoms with Gasteiger partial charge in [0.1, 0.15) is 11.5 Å². The van der Waals surface area contributed by atoms with E-state index < -0.39 is 18.1 Å². The number of ether oxygens (including phenoxy) is 2. The molecule has 5 N–H and O–H groups in total. The lowest BCUT2D eigenvalue weighted by molar-refractivity contribution is -0.128. The number of benzene rings is 1. The van der Waals surface area contributed by atoms with E-state index in [0.29, 0.717) is 43.4 Å². The maximum Gasteiger partial charge on any atom is 0.224 e. The summed E-state index contributed by atoms with van der Waals surface area (Å²) in [6, 6.07) is 8.70. The highest BCUT2D eigenvalue weighted by Gasteiger charge is 2.30. The van der Waals surface area contributed by atoms with E-state index in [4.69, 9.17) is 19.6 Å². The molecule has 0 saturated heterocycles. The van der Waals surface area contributed by atoms with Crippen LogP contribution in [0.3, 0.4) is 0 Å². The zero-order valence-electron chi connectivity index (χ0n) is 24.9. The number of aryl methyl sites for hydroxylation is 1. The highest BCUT2D eigenvalue weighted by atomic mass is 16.5. The van der Waals surface area contributed by atoms with E-state index in [1.807, 2.05) is 52.8 Å². The molecule has 1 aromatic heterocycles. The molecule has 0 aliphatic rings. The van der Waals surface area contributed by atoms with Gasteiger partial charge in [-0.05, 0) is 67.3 Å². The van der Waals surface area contributed by atoms with E-state index in [1.165, 1.54) is 0 Å². The highest BCUT2D eigenvalue weighted by Crippen LogP contribution is 2.29. The van der Waals surface area contributed by atoms with Gasteiger partial charge in [-0.2, -0.15) is 0 Å². The number of furan rings is 1. The van der Waals surface area contributed by atoms with Crippen LogP contribution in [0.2, 0.25) is 0 Å². The summed E-state index contributed by atoms with van der Waals surface area (Å²) < 4.78 is 16.2. The Hall–Kier alpha value is -2.88. The second-order valence-electron chi connectivity index (χ2n) is 11.3. The van der Waals surface area contributed by atoms with E-state index in [9.17, 15) is 14.7 Å². The van der Waals surface area contributed by atoms with Gasteiger partial charge in [-0.1, -0.05) is 33.8 Å². The molecule has 1 aromatic carbocycles. The third kappa shape index (κ3) is 11.3. The minimum atomic E-state index is -0.880. The van der Waals surface area contributed by atoms with Crippen molar-refractivity contribution in [3.8, 4) is 5.75 Å². The number of nitrogens with one attached hydrogen (secondary N) is 2. The van der Waals surface area contributed by atoms with E-state index in [-0.39, 0.29) is 42.4 Å². The Morgan fingerprint density at radius 1 is 1.07 bits per heavy atom. The van der Waals surface area contributed by atoms with Gasteiger partial charge in [0.2, 0.25) is 11.8 Å². The second-order valence-corrected chi connectivity index (χ2v) is 11.3. The summed E-state index contributed by atoms with van der Waals surface area (Å²) in [5, 5.41) is 16.9. The molecule has 2 amide bonds. The van der Waals surface area contributed by atoms with Crippen molar-refractivity contribution in [2.45, 2.75) is 79.0 Å². The number of carbonyl (C=O) groups excluding carboxylic acids is 2. The van der Waals surface area contributed by atoms with Crippen LogP contribution in [0.25, 0.3) is 0 Å². The largest absolute Gasteiger partial charge is 0.491 e. The SMILES string of the molecule is COCCCOc1ccc(C)cc1NC(=O)C[C@@H](C[C@H](N)[C@@H](O)C[C@H](C(=O)NCc1ccco1)C(C)C)C(C)C. The molecule has 0 aliphatic heterocycles. The number of methoxy groups -OCH3 is 1. The van der Waals surface area contributed by atoms with Crippen LogP contribution < -0.4 is 21.1 Å². The third-order valence-corrected chi connectivity index (χ3v) is 7.27. The fourth-order valence-corrected chi connectivity index (χ4v) is 4.63. The molecule has 0 spiro atoms. The zero-order chi connectivity index (χ0) is 29.7. The van der Waals surface area contributed by atoms with Crippen LogP contribution in [0.5, 0.6) is 5.75 Å². The number of aliphatic hydroxyl groups is 1. The number of aliphatic hydroxyl groups excluding tert-OH is 1. The van der Waals surface area contributed by atoms with E-state index in [2.05, 4.69) is 10.6 Å². The van der Waals surface area contributed by atoms with E-state index in [1.54, 1.807) is 25.5 Å². The molecule has 40 heavy (non-hydrogen) atoms. The second kappa shape index (κ2) is 17.0. The molecule has 4 atom stereocenters. The first kappa shape index (κ1) is 33.3. The van der Waals surface area contributed by atoms with Crippen molar-refractivity contribution in [2.75, 3.05) is 25.6 Å². The minimum absolute atomic E-state index is 0.0189. The fourth-order valence-electron chi connectivity index (χ4n) is 4.63. The molecule has 0 bridgehead atoms. The average molecular weight is 560 g/mol. The number of nitrogens with two attached hydrogens (primary N) is 1. The van der Waals surface area contributed by atoms with Crippen molar-refractivity contribution in [1.29, 1.82) is 0 Å². The first-order chi connectivity index (χ1) is 19.0. The van der Waals surface area contributed by atoms with Crippen LogP contribution in [-0.4, -0.2) is 49.4 Å². The molecule has 0 aliphatic carbocycles. The number of carbonyl (C=O) groups is 2. The topological polar surface area (TPSA) is 136 Å². The average Bonchev–Trinajstić information content (AvgIpc) is 3.42. The number of anilines is 1. The molecule has 0 fully saturated rings. The fraction of sp³-hybridized carbons (Fsp3) is 0.613. The highest BCUT2D eigenvalue weighted by molar-refractivity contribution is 5.92. The minimum Gasteiger partial charge on any atom is -0.491 e. The van der Waals surface area contributed by atoms with Crippen molar-refractivity contribution in [1.82, 2.24) is 5.32 Å². The Bertz CT molecular complexity index is 1020. The molecule has 9 heteroatoms. The summed E-state index contributed by atoms with van der Waals surface area (Å²) in [5.74, 6) is 0.747. The van der Waals surface area contributed by atoms with Gasteiger partial charge in [0, 0.05) is 38.5 Å². The summed E-state index contributed by atoms with van der Waals surface area (Å²) in [6.45, 7) is 11.4. The molecule has 0 saturated carbocycles. The lowest BCUT2D eigenvalue weighted by Crippen LogP contribution is -2.42. The quantitative estimate of drug-likeness (QED) is 0.195. The van der Waals surface area contributed by atoms with E-state index >= 15 is 0 Å². The van der Waals surface area contributed by atoms with Gasteiger partial charge in [-0.3, -0.25) is 9.59 Å². The number of hydrogen-bond acceptors (Lipinski definition) is 7. The zero-order valence-corrected chi connectivity index (χ0v) is 24.9. The van der Waals surface area contributed by atoms with Gasteiger partial charge in [0.25, 0.3) is 0 Å². The number of amides is 2. The molecule has 2 aromatic rings. The predicted molar refractivity (Wildman–Crippen MR) is 157 cm³/mol. The molecular formula is C31H49N3O6. The molecule has 2 rings (SSSR count). The molecule has 224 valence electrons. The summed E-state index contributed by atoms with van der Waals surface area (Å²) in [6.07, 6.45) is 2.39. The molecule has 1 heterocycles. The Labute approximate surface area is 239 Å². The van der Waals surface area contributed by atoms with Crippen LogP contribution in [0, 0.1) is 30.6 Å². The Kier molecular flexibility index (Phi) is 14.2. The normalized spacial score (nSPS) is 14.6.